The summed E-state index contributed by atoms with van der Waals surface area (Å²) in [7, 11) is 0. The Hall–Kier alpha value is -3.16. The van der Waals surface area contributed by atoms with E-state index in [2.05, 4.69) is 17.7 Å². The fourth-order valence-corrected chi connectivity index (χ4v) is 5.93. The lowest BCUT2D eigenvalue weighted by molar-refractivity contribution is 0.102. The Balaban J connectivity index is 1.69. The highest BCUT2D eigenvalue weighted by Gasteiger charge is 2.20. The highest BCUT2D eigenvalue weighted by molar-refractivity contribution is 7.99. The molecule has 174 valence electrons. The molecule has 4 rings (SSSR count). The number of aromatic nitrogens is 3. The van der Waals surface area contributed by atoms with Gasteiger partial charge in [-0.2, -0.15) is 0 Å². The number of carbonyl (C=O) groups excluding carboxylic acids is 1. The quantitative estimate of drug-likeness (QED) is 0.122. The predicted molar refractivity (Wildman–Crippen MR) is 143 cm³/mol. The molecule has 0 amide bonds. The highest BCUT2D eigenvalue weighted by atomic mass is 32.2. The van der Waals surface area contributed by atoms with Crippen molar-refractivity contribution in [2.24, 2.45) is 0 Å². The number of thioether (sulfide) groups is 1. The van der Waals surface area contributed by atoms with Gasteiger partial charge < -0.3 is 4.57 Å². The number of ketones is 1. The summed E-state index contributed by atoms with van der Waals surface area (Å²) < 4.78 is 3.68. The van der Waals surface area contributed by atoms with E-state index < -0.39 is 0 Å². The Morgan fingerprint density at radius 1 is 1.09 bits per heavy atom. The summed E-state index contributed by atoms with van der Waals surface area (Å²) in [5.74, 6) is 0.211. The van der Waals surface area contributed by atoms with Crippen LogP contribution < -0.4 is 5.56 Å². The second-order valence-corrected chi connectivity index (χ2v) is 9.99. The van der Waals surface area contributed by atoms with Crippen LogP contribution in [0.25, 0.3) is 21.3 Å². The number of rotatable bonds is 9. The predicted octanol–water partition coefficient (Wildman–Crippen LogP) is 6.20. The molecule has 0 atom stereocenters. The van der Waals surface area contributed by atoms with Crippen LogP contribution in [0.1, 0.15) is 27.3 Å². The Morgan fingerprint density at radius 2 is 1.76 bits per heavy atom. The van der Waals surface area contributed by atoms with Crippen LogP contribution in [-0.4, -0.2) is 25.7 Å². The van der Waals surface area contributed by atoms with Gasteiger partial charge in [-0.25, -0.2) is 4.98 Å². The molecule has 0 aliphatic rings. The first-order valence-electron chi connectivity index (χ1n) is 11.0. The summed E-state index contributed by atoms with van der Waals surface area (Å²) in [6, 6.07) is 10.0. The average molecular weight is 490 g/mol. The molecular formula is C27H27N3O2S2. The molecule has 1 aromatic carbocycles. The van der Waals surface area contributed by atoms with Gasteiger partial charge in [0.1, 0.15) is 4.83 Å². The van der Waals surface area contributed by atoms with Crippen molar-refractivity contribution >= 4 is 39.1 Å². The number of thiophene rings is 1. The lowest BCUT2D eigenvalue weighted by Crippen LogP contribution is -2.23. The third-order valence-corrected chi connectivity index (χ3v) is 7.70. The number of carbonyl (C=O) groups is 1. The molecule has 0 radical (unpaired) electrons. The minimum Gasteiger partial charge on any atom is -0.345 e. The van der Waals surface area contributed by atoms with Gasteiger partial charge >= 0.3 is 0 Å². The van der Waals surface area contributed by atoms with E-state index in [1.807, 2.05) is 62.6 Å². The Labute approximate surface area is 207 Å². The Kier molecular flexibility index (Phi) is 7.05. The van der Waals surface area contributed by atoms with Gasteiger partial charge in [0, 0.05) is 41.0 Å². The zero-order valence-corrected chi connectivity index (χ0v) is 21.3. The summed E-state index contributed by atoms with van der Waals surface area (Å²) in [6.07, 6.45) is 3.50. The van der Waals surface area contributed by atoms with Crippen molar-refractivity contribution in [1.82, 2.24) is 14.1 Å². The summed E-state index contributed by atoms with van der Waals surface area (Å²) in [4.78, 5) is 32.0. The standard InChI is InChI=1S/C27H27N3O2S2/c1-6-12-29-18(4)14-21(19(29)5)23(31)16-34-27-28-25-24(26(32)30(27)13-7-2)22(15-33-25)20-10-8-17(3)9-11-20/h6-11,14-15H,1-2,12-13,16H2,3-5H3. The molecule has 0 saturated carbocycles. The molecule has 7 heteroatoms. The third-order valence-electron chi connectivity index (χ3n) is 5.85. The molecule has 0 N–H and O–H groups in total. The average Bonchev–Trinajstić information content (AvgIpc) is 3.37. The number of hydrogen-bond acceptors (Lipinski definition) is 5. The Bertz CT molecular complexity index is 1460. The highest BCUT2D eigenvalue weighted by Crippen LogP contribution is 2.32. The molecule has 0 unspecified atom stereocenters. The minimum atomic E-state index is -0.110. The van der Waals surface area contributed by atoms with Gasteiger partial charge in [0.05, 0.1) is 11.1 Å². The fraction of sp³-hybridized carbons (Fsp3) is 0.222. The van der Waals surface area contributed by atoms with E-state index in [9.17, 15) is 9.59 Å². The SMILES string of the molecule is C=CCn1c(C)cc(C(=O)CSc2nc3scc(-c4ccc(C)cc4)c3c(=O)n2CC=C)c1C. The van der Waals surface area contributed by atoms with Gasteiger partial charge in [0.25, 0.3) is 5.56 Å². The van der Waals surface area contributed by atoms with E-state index in [4.69, 9.17) is 4.98 Å². The van der Waals surface area contributed by atoms with Gasteiger partial charge in [-0.15, -0.1) is 24.5 Å². The van der Waals surface area contributed by atoms with Crippen molar-refractivity contribution in [2.45, 2.75) is 39.0 Å². The second-order valence-electron chi connectivity index (χ2n) is 8.19. The van der Waals surface area contributed by atoms with Crippen molar-refractivity contribution in [3.05, 3.63) is 93.9 Å². The van der Waals surface area contributed by atoms with Gasteiger partial charge in [-0.05, 0) is 32.4 Å². The topological polar surface area (TPSA) is 56.9 Å². The smallest absolute Gasteiger partial charge is 0.263 e. The number of fused-ring (bicyclic) bond motifs is 1. The molecule has 0 saturated heterocycles. The van der Waals surface area contributed by atoms with Crippen molar-refractivity contribution in [3.63, 3.8) is 0 Å². The van der Waals surface area contributed by atoms with Crippen LogP contribution in [0, 0.1) is 20.8 Å². The van der Waals surface area contributed by atoms with Crippen LogP contribution in [-0.2, 0) is 13.1 Å². The van der Waals surface area contributed by atoms with Crippen LogP contribution in [0.5, 0.6) is 0 Å². The Morgan fingerprint density at radius 3 is 2.44 bits per heavy atom. The van der Waals surface area contributed by atoms with Crippen LogP contribution in [0.15, 0.2) is 71.0 Å². The lowest BCUT2D eigenvalue weighted by Gasteiger charge is -2.11. The van der Waals surface area contributed by atoms with Crippen molar-refractivity contribution < 1.29 is 4.79 Å². The zero-order valence-electron chi connectivity index (χ0n) is 19.6. The first-order chi connectivity index (χ1) is 16.3. The molecule has 4 aromatic rings. The number of hydrogen-bond donors (Lipinski definition) is 0. The van der Waals surface area contributed by atoms with E-state index in [0.717, 1.165) is 22.5 Å². The van der Waals surface area contributed by atoms with E-state index >= 15 is 0 Å². The maximum Gasteiger partial charge on any atom is 0.263 e. The van der Waals surface area contributed by atoms with Gasteiger partial charge in [-0.3, -0.25) is 14.2 Å². The summed E-state index contributed by atoms with van der Waals surface area (Å²) in [5, 5.41) is 3.12. The maximum absolute atomic E-state index is 13.5. The first-order valence-corrected chi connectivity index (χ1v) is 12.9. The molecule has 0 spiro atoms. The molecule has 0 bridgehead atoms. The van der Waals surface area contributed by atoms with E-state index in [0.29, 0.717) is 34.0 Å². The normalized spacial score (nSPS) is 11.1. The largest absolute Gasteiger partial charge is 0.345 e. The zero-order chi connectivity index (χ0) is 24.4. The van der Waals surface area contributed by atoms with Gasteiger partial charge in [0.2, 0.25) is 0 Å². The van der Waals surface area contributed by atoms with E-state index in [-0.39, 0.29) is 17.1 Å². The number of Topliss-reactive ketones (excluding diaryl/α,β-unsaturated/α-hetero) is 1. The fourth-order valence-electron chi connectivity index (χ4n) is 4.05. The molecule has 3 heterocycles. The number of benzene rings is 1. The summed E-state index contributed by atoms with van der Waals surface area (Å²) in [5.41, 5.74) is 5.58. The summed E-state index contributed by atoms with van der Waals surface area (Å²) >= 11 is 2.75. The molecule has 0 fully saturated rings. The van der Waals surface area contributed by atoms with E-state index in [1.165, 1.54) is 28.7 Å². The van der Waals surface area contributed by atoms with Gasteiger partial charge in [-0.1, -0.05) is 53.7 Å². The number of aryl methyl sites for hydroxylation is 2. The first kappa shape index (κ1) is 24.0. The number of nitrogens with zero attached hydrogens (tertiary/aromatic N) is 3. The monoisotopic (exact) mass is 489 g/mol. The van der Waals surface area contributed by atoms with E-state index in [1.54, 1.807) is 10.6 Å². The van der Waals surface area contributed by atoms with Crippen molar-refractivity contribution in [3.8, 4) is 11.1 Å². The molecule has 5 nitrogen and oxygen atoms in total. The molecule has 0 aliphatic heterocycles. The minimum absolute atomic E-state index is 0.0134. The van der Waals surface area contributed by atoms with Crippen LogP contribution in [0.4, 0.5) is 0 Å². The maximum atomic E-state index is 13.5. The van der Waals surface area contributed by atoms with Crippen molar-refractivity contribution in [1.29, 1.82) is 0 Å². The van der Waals surface area contributed by atoms with Crippen LogP contribution in [0.3, 0.4) is 0 Å². The number of allylic oxidation sites excluding steroid dienone is 2. The van der Waals surface area contributed by atoms with Crippen molar-refractivity contribution in [2.75, 3.05) is 5.75 Å². The van der Waals surface area contributed by atoms with Crippen LogP contribution in [0.2, 0.25) is 0 Å². The molecule has 0 aliphatic carbocycles. The molecule has 3 aromatic heterocycles. The molecular weight excluding hydrogens is 462 g/mol. The van der Waals surface area contributed by atoms with Crippen LogP contribution >= 0.6 is 23.1 Å². The second kappa shape index (κ2) is 9.99. The summed E-state index contributed by atoms with van der Waals surface area (Å²) in [6.45, 7) is 14.6. The molecule has 34 heavy (non-hydrogen) atoms. The third kappa shape index (κ3) is 4.45. The lowest BCUT2D eigenvalue weighted by atomic mass is 10.1. The van der Waals surface area contributed by atoms with Gasteiger partial charge in [0.15, 0.2) is 10.9 Å².